The van der Waals surface area contributed by atoms with E-state index in [1.54, 1.807) is 0 Å². The Kier molecular flexibility index (Phi) is 3.77. The lowest BCUT2D eigenvalue weighted by atomic mass is 9.57. The molecule has 0 aromatic carbocycles. The number of hydrogen-bond acceptors (Lipinski definition) is 3. The summed E-state index contributed by atoms with van der Waals surface area (Å²) >= 11 is 0. The third kappa shape index (κ3) is 2.37. The number of epoxide rings is 1. The van der Waals surface area contributed by atoms with Crippen LogP contribution in [-0.4, -0.2) is 47.6 Å². The zero-order valence-corrected chi connectivity index (χ0v) is 14.4. The molecule has 4 fully saturated rings. The lowest BCUT2D eigenvalue weighted by molar-refractivity contribution is -0.185. The van der Waals surface area contributed by atoms with E-state index in [0.717, 1.165) is 17.7 Å². The van der Waals surface area contributed by atoms with E-state index in [2.05, 4.69) is 6.92 Å². The van der Waals surface area contributed by atoms with E-state index < -0.39 is 23.1 Å². The molecule has 2 unspecified atom stereocenters. The standard InChI is InChI=1S/C18H24F3NO3/c1-11-8-12-10-14-17(25-14)5-3-7-22(15(24)18(19,20)21)6-2-4-16(12,17)13(23)9-11/h11-12,14H,2-10H2,1H3/t11-,12+,14?,16-,17?/m1/s1. The second kappa shape index (κ2) is 5.44. The van der Waals surface area contributed by atoms with Gasteiger partial charge in [0.05, 0.1) is 11.5 Å². The number of alkyl halides is 3. The summed E-state index contributed by atoms with van der Waals surface area (Å²) in [4.78, 5) is 25.6. The molecular formula is C18H24F3NO3. The average molecular weight is 359 g/mol. The molecule has 0 bridgehead atoms. The van der Waals surface area contributed by atoms with Crippen LogP contribution in [0, 0.1) is 17.3 Å². The molecule has 25 heavy (non-hydrogen) atoms. The molecule has 0 aromatic rings. The predicted octanol–water partition coefficient (Wildman–Crippen LogP) is 3.09. The van der Waals surface area contributed by atoms with Crippen molar-refractivity contribution in [2.24, 2.45) is 17.3 Å². The van der Waals surface area contributed by atoms with E-state index in [9.17, 15) is 22.8 Å². The first-order valence-electron chi connectivity index (χ1n) is 9.28. The van der Waals surface area contributed by atoms with Gasteiger partial charge in [0.15, 0.2) is 0 Å². The van der Waals surface area contributed by atoms with Gasteiger partial charge in [-0.3, -0.25) is 9.59 Å². The first kappa shape index (κ1) is 17.3. The van der Waals surface area contributed by atoms with Crippen molar-refractivity contribution in [2.75, 3.05) is 13.1 Å². The van der Waals surface area contributed by atoms with Gasteiger partial charge in [0.1, 0.15) is 11.4 Å². The molecule has 2 aliphatic carbocycles. The highest BCUT2D eigenvalue weighted by atomic mass is 19.4. The van der Waals surface area contributed by atoms with Crippen LogP contribution in [0.1, 0.15) is 51.9 Å². The predicted molar refractivity (Wildman–Crippen MR) is 82.7 cm³/mol. The van der Waals surface area contributed by atoms with E-state index in [1.165, 1.54) is 0 Å². The maximum atomic E-state index is 13.1. The SMILES string of the molecule is C[C@H]1CC(=O)[C@]23CCCN(C(=O)C(F)(F)F)CCCC24OC4C[C@@H]3C1. The molecule has 2 saturated heterocycles. The van der Waals surface area contributed by atoms with Crippen molar-refractivity contribution in [3.8, 4) is 0 Å². The molecule has 4 rings (SSSR count). The van der Waals surface area contributed by atoms with Crippen LogP contribution in [0.4, 0.5) is 13.2 Å². The molecule has 0 radical (unpaired) electrons. The number of ketones is 1. The Morgan fingerprint density at radius 1 is 1.20 bits per heavy atom. The van der Waals surface area contributed by atoms with E-state index in [4.69, 9.17) is 4.74 Å². The fourth-order valence-electron chi connectivity index (χ4n) is 6.06. The summed E-state index contributed by atoms with van der Waals surface area (Å²) in [5.41, 5.74) is -0.992. The zero-order chi connectivity index (χ0) is 18.0. The van der Waals surface area contributed by atoms with Crippen molar-refractivity contribution in [3.05, 3.63) is 0 Å². The third-order valence-electron chi connectivity index (χ3n) is 6.99. The third-order valence-corrected chi connectivity index (χ3v) is 6.99. The van der Waals surface area contributed by atoms with Crippen LogP contribution < -0.4 is 0 Å². The van der Waals surface area contributed by atoms with Crippen molar-refractivity contribution >= 4 is 11.7 Å². The number of ether oxygens (including phenoxy) is 1. The van der Waals surface area contributed by atoms with Gasteiger partial charge < -0.3 is 9.64 Å². The second-order valence-corrected chi connectivity index (χ2v) is 8.37. The van der Waals surface area contributed by atoms with Gasteiger partial charge in [-0.1, -0.05) is 6.92 Å². The number of halogens is 3. The Bertz CT molecular complexity index is 607. The van der Waals surface area contributed by atoms with Crippen molar-refractivity contribution in [3.63, 3.8) is 0 Å². The highest BCUT2D eigenvalue weighted by molar-refractivity contribution is 5.89. The van der Waals surface area contributed by atoms with E-state index >= 15 is 0 Å². The van der Waals surface area contributed by atoms with Crippen LogP contribution in [0.15, 0.2) is 0 Å². The van der Waals surface area contributed by atoms with Gasteiger partial charge in [-0.2, -0.15) is 13.2 Å². The summed E-state index contributed by atoms with van der Waals surface area (Å²) in [7, 11) is 0. The summed E-state index contributed by atoms with van der Waals surface area (Å²) in [5.74, 6) is -0.865. The number of amides is 1. The number of carbonyl (C=O) groups excluding carboxylic acids is 2. The highest BCUT2D eigenvalue weighted by Gasteiger charge is 2.78. The molecule has 7 heteroatoms. The fraction of sp³-hybridized carbons (Fsp3) is 0.889. The summed E-state index contributed by atoms with van der Waals surface area (Å²) in [6, 6.07) is 0. The lowest BCUT2D eigenvalue weighted by Crippen LogP contribution is -2.51. The van der Waals surface area contributed by atoms with Crippen molar-refractivity contribution in [1.29, 1.82) is 0 Å². The highest BCUT2D eigenvalue weighted by Crippen LogP contribution is 2.70. The van der Waals surface area contributed by atoms with Crippen LogP contribution in [0.25, 0.3) is 0 Å². The molecule has 5 atom stereocenters. The van der Waals surface area contributed by atoms with Gasteiger partial charge in [0.2, 0.25) is 0 Å². The topological polar surface area (TPSA) is 49.9 Å². The summed E-state index contributed by atoms with van der Waals surface area (Å²) in [6.45, 7) is 2.25. The molecule has 140 valence electrons. The summed E-state index contributed by atoms with van der Waals surface area (Å²) in [5, 5.41) is 0. The molecule has 2 saturated carbocycles. The van der Waals surface area contributed by atoms with E-state index in [0.29, 0.717) is 38.0 Å². The Balaban J connectivity index is 1.59. The molecule has 0 N–H and O–H groups in total. The van der Waals surface area contributed by atoms with Gasteiger partial charge >= 0.3 is 12.1 Å². The molecular weight excluding hydrogens is 335 g/mol. The Hall–Kier alpha value is -1.11. The summed E-state index contributed by atoms with van der Waals surface area (Å²) < 4.78 is 44.4. The minimum atomic E-state index is -4.84. The number of rotatable bonds is 0. The van der Waals surface area contributed by atoms with Crippen molar-refractivity contribution in [1.82, 2.24) is 4.90 Å². The molecule has 0 aromatic heterocycles. The van der Waals surface area contributed by atoms with Crippen molar-refractivity contribution in [2.45, 2.75) is 69.8 Å². The van der Waals surface area contributed by atoms with Crippen LogP contribution in [0.5, 0.6) is 0 Å². The Morgan fingerprint density at radius 3 is 2.56 bits per heavy atom. The van der Waals surface area contributed by atoms with Gasteiger partial charge in [0.25, 0.3) is 0 Å². The number of Topliss-reactive ketones (excluding diaryl/α,β-unsaturated/α-hetero) is 1. The average Bonchev–Trinajstić information content (AvgIpc) is 3.10. The van der Waals surface area contributed by atoms with Gasteiger partial charge in [0, 0.05) is 19.5 Å². The van der Waals surface area contributed by atoms with Gasteiger partial charge in [-0.05, 0) is 50.4 Å². The molecule has 1 amide bonds. The van der Waals surface area contributed by atoms with Gasteiger partial charge in [-0.15, -0.1) is 0 Å². The smallest absolute Gasteiger partial charge is 0.365 e. The second-order valence-electron chi connectivity index (χ2n) is 8.37. The van der Waals surface area contributed by atoms with Crippen molar-refractivity contribution < 1.29 is 27.5 Å². The van der Waals surface area contributed by atoms with Crippen LogP contribution in [-0.2, 0) is 14.3 Å². The first-order valence-corrected chi connectivity index (χ1v) is 9.28. The van der Waals surface area contributed by atoms with Crippen LogP contribution in [0.3, 0.4) is 0 Å². The monoisotopic (exact) mass is 359 g/mol. The normalized spacial score (nSPS) is 44.1. The van der Waals surface area contributed by atoms with Crippen LogP contribution in [0.2, 0.25) is 0 Å². The Labute approximate surface area is 145 Å². The first-order chi connectivity index (χ1) is 11.7. The fourth-order valence-corrected chi connectivity index (χ4v) is 6.06. The van der Waals surface area contributed by atoms with Gasteiger partial charge in [-0.25, -0.2) is 0 Å². The number of hydrogen-bond donors (Lipinski definition) is 0. The molecule has 4 nitrogen and oxygen atoms in total. The number of carbonyl (C=O) groups is 2. The maximum Gasteiger partial charge on any atom is 0.471 e. The zero-order valence-electron chi connectivity index (χ0n) is 14.4. The molecule has 2 heterocycles. The van der Waals surface area contributed by atoms with E-state index in [-0.39, 0.29) is 30.9 Å². The van der Waals surface area contributed by atoms with Crippen LogP contribution >= 0.6 is 0 Å². The maximum absolute atomic E-state index is 13.1. The number of nitrogens with zero attached hydrogens (tertiary/aromatic N) is 1. The largest absolute Gasteiger partial charge is 0.471 e. The quantitative estimate of drug-likeness (QED) is 0.625. The molecule has 2 aliphatic heterocycles. The minimum absolute atomic E-state index is 0.0659. The Morgan fingerprint density at radius 2 is 1.88 bits per heavy atom. The molecule has 2 spiro atoms. The lowest BCUT2D eigenvalue weighted by Gasteiger charge is -2.45. The van der Waals surface area contributed by atoms with E-state index in [1.807, 2.05) is 0 Å². The minimum Gasteiger partial charge on any atom is -0.365 e. The summed E-state index contributed by atoms with van der Waals surface area (Å²) in [6.07, 6.45) is -0.308. The molecule has 4 aliphatic rings.